The predicted octanol–water partition coefficient (Wildman–Crippen LogP) is 5.21. The molecule has 4 atom stereocenters. The van der Waals surface area contributed by atoms with Crippen molar-refractivity contribution in [2.45, 2.75) is 61.9 Å². The molecule has 2 fully saturated rings. The maximum Gasteiger partial charge on any atom is 0.414 e. The Labute approximate surface area is 274 Å². The summed E-state index contributed by atoms with van der Waals surface area (Å²) in [7, 11) is 3.78. The van der Waals surface area contributed by atoms with Gasteiger partial charge in [0.2, 0.25) is 5.91 Å². The summed E-state index contributed by atoms with van der Waals surface area (Å²) >= 11 is 0. The first-order valence-corrected chi connectivity index (χ1v) is 15.5. The Balaban J connectivity index is 0.000000156. The van der Waals surface area contributed by atoms with E-state index in [0.717, 1.165) is 28.9 Å². The summed E-state index contributed by atoms with van der Waals surface area (Å²) in [5.74, 6) is 0.0301. The Morgan fingerprint density at radius 1 is 0.917 bits per heavy atom. The SMILES string of the molecule is Cn1cnc(C2CC23C(=O)Nc2ccc([N+](=O)[O-])cc23)c1.Cn1cnc(C2CC23CN(C(=O)OC(C)(C)C)c2ccc([N+](=O)[O-])cc23)c1. The predicted molar refractivity (Wildman–Crippen MR) is 173 cm³/mol. The third-order valence-electron chi connectivity index (χ3n) is 9.62. The van der Waals surface area contributed by atoms with E-state index in [1.54, 1.807) is 35.8 Å². The lowest BCUT2D eigenvalue weighted by molar-refractivity contribution is -0.385. The zero-order valence-electron chi connectivity index (χ0n) is 27.0. The topological polar surface area (TPSA) is 181 Å². The van der Waals surface area contributed by atoms with Gasteiger partial charge in [0.15, 0.2) is 0 Å². The average molecular weight is 655 g/mol. The molecule has 8 rings (SSSR count). The van der Waals surface area contributed by atoms with Crippen LogP contribution in [0.1, 0.15) is 68.0 Å². The summed E-state index contributed by atoms with van der Waals surface area (Å²) in [6.07, 6.45) is 8.32. The number of hydrogen-bond acceptors (Lipinski definition) is 9. The number of ether oxygens (including phenoxy) is 1. The van der Waals surface area contributed by atoms with Gasteiger partial charge >= 0.3 is 6.09 Å². The van der Waals surface area contributed by atoms with Crippen molar-refractivity contribution in [2.24, 2.45) is 14.1 Å². The van der Waals surface area contributed by atoms with Gasteiger partial charge in [-0.3, -0.25) is 29.9 Å². The first-order chi connectivity index (χ1) is 22.6. The minimum absolute atomic E-state index is 0.0105. The van der Waals surface area contributed by atoms with Crippen LogP contribution >= 0.6 is 0 Å². The van der Waals surface area contributed by atoms with Crippen molar-refractivity contribution in [2.75, 3.05) is 16.8 Å². The number of amides is 2. The number of aryl methyl sites for hydroxylation is 2. The maximum atomic E-state index is 12.8. The number of nitrogens with zero attached hydrogens (tertiary/aromatic N) is 7. The molecule has 4 unspecified atom stereocenters. The van der Waals surface area contributed by atoms with E-state index >= 15 is 0 Å². The fourth-order valence-corrected chi connectivity index (χ4v) is 7.24. The van der Waals surface area contributed by atoms with E-state index in [1.807, 2.05) is 56.4 Å². The van der Waals surface area contributed by atoms with Gasteiger partial charge < -0.3 is 19.2 Å². The van der Waals surface area contributed by atoms with Crippen LogP contribution in [0.2, 0.25) is 0 Å². The molecule has 15 heteroatoms. The molecule has 2 aromatic heterocycles. The molecule has 0 radical (unpaired) electrons. The second kappa shape index (κ2) is 10.5. The van der Waals surface area contributed by atoms with Crippen LogP contribution < -0.4 is 10.2 Å². The van der Waals surface area contributed by atoms with Crippen LogP contribution in [0.5, 0.6) is 0 Å². The summed E-state index contributed by atoms with van der Waals surface area (Å²) in [5, 5.41) is 25.1. The summed E-state index contributed by atoms with van der Waals surface area (Å²) in [6.45, 7) is 5.91. The minimum Gasteiger partial charge on any atom is -0.443 e. The van der Waals surface area contributed by atoms with Crippen LogP contribution in [0.4, 0.5) is 27.5 Å². The molecule has 4 aliphatic rings. The smallest absolute Gasteiger partial charge is 0.414 e. The number of benzene rings is 2. The molecule has 2 spiro atoms. The molecular formula is C33H34N8O7. The Morgan fingerprint density at radius 2 is 1.50 bits per heavy atom. The Bertz CT molecular complexity index is 2030. The molecule has 2 amide bonds. The highest BCUT2D eigenvalue weighted by Gasteiger charge is 2.66. The zero-order chi connectivity index (χ0) is 34.3. The second-order valence-corrected chi connectivity index (χ2v) is 14.0. The molecule has 4 heterocycles. The van der Waals surface area contributed by atoms with Crippen molar-refractivity contribution >= 4 is 34.7 Å². The first-order valence-electron chi connectivity index (χ1n) is 15.5. The zero-order valence-corrected chi connectivity index (χ0v) is 27.0. The van der Waals surface area contributed by atoms with Gasteiger partial charge in [0, 0.05) is 80.2 Å². The quantitative estimate of drug-likeness (QED) is 0.228. The monoisotopic (exact) mass is 654 g/mol. The molecular weight excluding hydrogens is 620 g/mol. The highest BCUT2D eigenvalue weighted by Crippen LogP contribution is 2.66. The fraction of sp³-hybridized carbons (Fsp3) is 0.394. The standard InChI is InChI=1S/C19H22N4O4.C14H12N4O3/c1-18(2,3)27-17(24)22-10-19(8-14(19)15-9-21(4)11-20-15)13-7-12(23(25)26)5-6-16(13)22;1-17-6-12(15-7-17)10-5-14(10)9-4-8(18(20)21)2-3-11(9)16-13(14)19/h5-7,9,11,14H,8,10H2,1-4H3;2-4,6-7,10H,5H2,1H3,(H,16,19). The van der Waals surface area contributed by atoms with E-state index in [9.17, 15) is 29.8 Å². The number of hydrogen-bond donors (Lipinski definition) is 1. The number of carbonyl (C=O) groups excluding carboxylic acids is 2. The van der Waals surface area contributed by atoms with Crippen LogP contribution in [-0.2, 0) is 34.5 Å². The number of non-ortho nitro benzene ring substituents is 2. The fourth-order valence-electron chi connectivity index (χ4n) is 7.24. The van der Waals surface area contributed by atoms with Gasteiger partial charge in [0.05, 0.1) is 45.0 Å². The van der Waals surface area contributed by atoms with Gasteiger partial charge in [-0.2, -0.15) is 0 Å². The van der Waals surface area contributed by atoms with Crippen molar-refractivity contribution in [3.63, 3.8) is 0 Å². The lowest BCUT2D eigenvalue weighted by Crippen LogP contribution is -2.37. The van der Waals surface area contributed by atoms with E-state index in [-0.39, 0.29) is 34.5 Å². The third-order valence-corrected chi connectivity index (χ3v) is 9.62. The van der Waals surface area contributed by atoms with Crippen molar-refractivity contribution in [1.29, 1.82) is 0 Å². The summed E-state index contributed by atoms with van der Waals surface area (Å²) in [4.78, 5) is 56.9. The molecule has 2 saturated carbocycles. The van der Waals surface area contributed by atoms with Crippen molar-refractivity contribution < 1.29 is 24.2 Å². The van der Waals surface area contributed by atoms with Gasteiger partial charge in [0.25, 0.3) is 11.4 Å². The molecule has 2 aliphatic heterocycles. The second-order valence-electron chi connectivity index (χ2n) is 14.0. The minimum atomic E-state index is -0.685. The maximum absolute atomic E-state index is 12.8. The van der Waals surface area contributed by atoms with E-state index < -0.39 is 27.0 Å². The normalized spacial score (nSPS) is 24.4. The molecule has 2 aliphatic carbocycles. The van der Waals surface area contributed by atoms with Gasteiger partial charge in [-0.05, 0) is 56.9 Å². The van der Waals surface area contributed by atoms with Gasteiger partial charge in [-0.25, -0.2) is 14.8 Å². The number of nitrogens with one attached hydrogen (secondary N) is 1. The lowest BCUT2D eigenvalue weighted by atomic mass is 9.93. The average Bonchev–Trinajstić information content (AvgIpc) is 3.69. The Hall–Kier alpha value is -5.60. The molecule has 48 heavy (non-hydrogen) atoms. The Kier molecular flexibility index (Phi) is 6.76. The molecule has 2 aromatic carbocycles. The summed E-state index contributed by atoms with van der Waals surface area (Å²) < 4.78 is 9.28. The van der Waals surface area contributed by atoms with E-state index in [1.165, 1.54) is 18.2 Å². The first kappa shape index (κ1) is 31.0. The van der Waals surface area contributed by atoms with Gasteiger partial charge in [-0.1, -0.05) is 0 Å². The summed E-state index contributed by atoms with van der Waals surface area (Å²) in [5.41, 5.74) is 3.11. The number of carbonyl (C=O) groups is 2. The van der Waals surface area contributed by atoms with Crippen LogP contribution in [0.25, 0.3) is 0 Å². The van der Waals surface area contributed by atoms with Crippen LogP contribution in [0.15, 0.2) is 61.4 Å². The number of anilines is 2. The Morgan fingerprint density at radius 3 is 2.06 bits per heavy atom. The van der Waals surface area contributed by atoms with Crippen LogP contribution in [-0.4, -0.2) is 53.1 Å². The molecule has 0 bridgehead atoms. The van der Waals surface area contributed by atoms with Gasteiger partial charge in [0.1, 0.15) is 5.60 Å². The summed E-state index contributed by atoms with van der Waals surface area (Å²) in [6, 6.07) is 9.22. The van der Waals surface area contributed by atoms with Crippen molar-refractivity contribution in [1.82, 2.24) is 19.1 Å². The van der Waals surface area contributed by atoms with Crippen LogP contribution in [0, 0.1) is 20.2 Å². The number of imidazole rings is 2. The largest absolute Gasteiger partial charge is 0.443 e. The third kappa shape index (κ3) is 4.96. The van der Waals surface area contributed by atoms with E-state index in [2.05, 4.69) is 15.3 Å². The van der Waals surface area contributed by atoms with Crippen LogP contribution in [0.3, 0.4) is 0 Å². The number of aromatic nitrogens is 4. The lowest BCUT2D eigenvalue weighted by Gasteiger charge is -2.25. The molecule has 15 nitrogen and oxygen atoms in total. The molecule has 0 saturated heterocycles. The molecule has 4 aromatic rings. The molecule has 248 valence electrons. The number of nitro benzene ring substituents is 2. The molecule has 1 N–H and O–H groups in total. The van der Waals surface area contributed by atoms with Gasteiger partial charge in [-0.15, -0.1) is 0 Å². The van der Waals surface area contributed by atoms with Crippen molar-refractivity contribution in [3.8, 4) is 0 Å². The highest BCUT2D eigenvalue weighted by atomic mass is 16.6. The van der Waals surface area contributed by atoms with Crippen molar-refractivity contribution in [3.05, 3.63) is 104 Å². The van der Waals surface area contributed by atoms with E-state index in [4.69, 9.17) is 4.74 Å². The van der Waals surface area contributed by atoms with E-state index in [0.29, 0.717) is 24.3 Å². The highest BCUT2D eigenvalue weighted by molar-refractivity contribution is 6.10. The number of fused-ring (bicyclic) bond motifs is 4. The number of rotatable bonds is 4. The number of nitro groups is 2.